The van der Waals surface area contributed by atoms with Crippen molar-refractivity contribution in [1.82, 2.24) is 4.90 Å². The van der Waals surface area contributed by atoms with Crippen LogP contribution in [0.3, 0.4) is 0 Å². The van der Waals surface area contributed by atoms with E-state index in [9.17, 15) is 18.3 Å². The van der Waals surface area contributed by atoms with Gasteiger partial charge in [0.15, 0.2) is 0 Å². The fourth-order valence-corrected chi connectivity index (χ4v) is 3.13. The van der Waals surface area contributed by atoms with Gasteiger partial charge >= 0.3 is 0 Å². The van der Waals surface area contributed by atoms with E-state index in [-0.39, 0.29) is 30.1 Å². The Hall–Kier alpha value is -0.660. The molecular weight excluding hydrogens is 282 g/mol. The maximum Gasteiger partial charge on any atom is 0.223 e. The van der Waals surface area contributed by atoms with Crippen LogP contribution >= 0.6 is 0 Å². The molecule has 0 aromatic heterocycles. The largest absolute Gasteiger partial charge is 0.396 e. The molecular formula is C13H25NO5S. The van der Waals surface area contributed by atoms with Crippen LogP contribution in [-0.4, -0.2) is 69.8 Å². The second-order valence-electron chi connectivity index (χ2n) is 5.70. The molecule has 0 saturated carbocycles. The Morgan fingerprint density at radius 1 is 1.45 bits per heavy atom. The Bertz CT molecular complexity index is 422. The quantitative estimate of drug-likeness (QED) is 0.719. The lowest BCUT2D eigenvalue weighted by molar-refractivity contribution is -0.135. The van der Waals surface area contributed by atoms with E-state index in [0.29, 0.717) is 26.1 Å². The third-order valence-corrected chi connectivity index (χ3v) is 4.82. The third-order valence-electron chi connectivity index (χ3n) is 3.87. The van der Waals surface area contributed by atoms with Gasteiger partial charge in [0.25, 0.3) is 0 Å². The summed E-state index contributed by atoms with van der Waals surface area (Å²) in [5.41, 5.74) is -0.311. The number of likely N-dealkylation sites (tertiary alicyclic amines) is 1. The van der Waals surface area contributed by atoms with Crippen molar-refractivity contribution < 1.29 is 23.1 Å². The first kappa shape index (κ1) is 17.4. The zero-order chi connectivity index (χ0) is 15.2. The first-order valence-corrected chi connectivity index (χ1v) is 8.93. The predicted molar refractivity (Wildman–Crippen MR) is 76.2 cm³/mol. The molecule has 0 radical (unpaired) electrons. The standard InChI is InChI=1S/C13H25NO5S/c1-19-8-6-13(11-15)5-3-7-14(10-13)12(16)4-9-20(2,17)18/h15H,3-11H2,1-2H3. The number of piperidine rings is 1. The second-order valence-corrected chi connectivity index (χ2v) is 7.96. The molecule has 20 heavy (non-hydrogen) atoms. The van der Waals surface area contributed by atoms with E-state index < -0.39 is 9.84 Å². The summed E-state index contributed by atoms with van der Waals surface area (Å²) < 4.78 is 27.3. The molecule has 7 heteroatoms. The molecule has 1 fully saturated rings. The first-order valence-electron chi connectivity index (χ1n) is 6.87. The number of hydrogen-bond acceptors (Lipinski definition) is 5. The summed E-state index contributed by atoms with van der Waals surface area (Å²) in [6.07, 6.45) is 3.55. The first-order chi connectivity index (χ1) is 9.32. The normalized spacial score (nSPS) is 23.9. The molecule has 6 nitrogen and oxygen atoms in total. The molecule has 0 aliphatic carbocycles. The average molecular weight is 307 g/mol. The van der Waals surface area contributed by atoms with Crippen molar-refractivity contribution in [2.75, 3.05) is 45.4 Å². The van der Waals surface area contributed by atoms with E-state index in [1.807, 2.05) is 0 Å². The van der Waals surface area contributed by atoms with Crippen LogP contribution in [0.5, 0.6) is 0 Å². The van der Waals surface area contributed by atoms with Gasteiger partial charge < -0.3 is 14.7 Å². The lowest BCUT2D eigenvalue weighted by Crippen LogP contribution is -2.48. The summed E-state index contributed by atoms with van der Waals surface area (Å²) >= 11 is 0. The Kier molecular flexibility index (Phi) is 6.42. The van der Waals surface area contributed by atoms with Crippen LogP contribution in [-0.2, 0) is 19.4 Å². The number of aliphatic hydroxyl groups excluding tert-OH is 1. The van der Waals surface area contributed by atoms with Crippen molar-refractivity contribution in [3.8, 4) is 0 Å². The lowest BCUT2D eigenvalue weighted by atomic mass is 9.78. The van der Waals surface area contributed by atoms with E-state index in [2.05, 4.69) is 0 Å². The van der Waals surface area contributed by atoms with E-state index in [1.54, 1.807) is 12.0 Å². The summed E-state index contributed by atoms with van der Waals surface area (Å²) in [6, 6.07) is 0. The van der Waals surface area contributed by atoms with Crippen LogP contribution in [0, 0.1) is 5.41 Å². The number of carbonyl (C=O) groups excluding carboxylic acids is 1. The molecule has 1 unspecified atom stereocenters. The fraction of sp³-hybridized carbons (Fsp3) is 0.923. The number of methoxy groups -OCH3 is 1. The monoisotopic (exact) mass is 307 g/mol. The molecule has 0 bridgehead atoms. The van der Waals surface area contributed by atoms with Crippen LogP contribution in [0.4, 0.5) is 0 Å². The van der Waals surface area contributed by atoms with E-state index >= 15 is 0 Å². The zero-order valence-corrected chi connectivity index (χ0v) is 13.1. The van der Waals surface area contributed by atoms with Gasteiger partial charge in [-0.15, -0.1) is 0 Å². The van der Waals surface area contributed by atoms with Crippen LogP contribution in [0.1, 0.15) is 25.7 Å². The minimum absolute atomic E-state index is 0.0185. The average Bonchev–Trinajstić information content (AvgIpc) is 2.42. The summed E-state index contributed by atoms with van der Waals surface area (Å²) in [5, 5.41) is 9.64. The number of sulfone groups is 1. The Balaban J connectivity index is 2.60. The molecule has 1 atom stereocenters. The van der Waals surface area contributed by atoms with Crippen molar-refractivity contribution in [1.29, 1.82) is 0 Å². The molecule has 0 aromatic carbocycles. The van der Waals surface area contributed by atoms with Gasteiger partial charge in [0.2, 0.25) is 5.91 Å². The topological polar surface area (TPSA) is 83.9 Å². The molecule has 1 N–H and O–H groups in total. The highest BCUT2D eigenvalue weighted by Gasteiger charge is 2.36. The Morgan fingerprint density at radius 2 is 2.15 bits per heavy atom. The maximum absolute atomic E-state index is 12.1. The zero-order valence-electron chi connectivity index (χ0n) is 12.3. The predicted octanol–water partition coefficient (Wildman–Crippen LogP) is 0.0587. The fourth-order valence-electron chi connectivity index (χ4n) is 2.58. The SMILES string of the molecule is COCCC1(CO)CCCN(C(=O)CCS(C)(=O)=O)C1. The number of amides is 1. The second kappa shape index (κ2) is 7.38. The minimum Gasteiger partial charge on any atom is -0.396 e. The summed E-state index contributed by atoms with van der Waals surface area (Å²) in [7, 11) is -1.51. The maximum atomic E-state index is 12.1. The van der Waals surface area contributed by atoms with Crippen LogP contribution in [0.15, 0.2) is 0 Å². The highest BCUT2D eigenvalue weighted by atomic mass is 32.2. The number of ether oxygens (including phenoxy) is 1. The van der Waals surface area contributed by atoms with Crippen molar-refractivity contribution in [2.24, 2.45) is 5.41 Å². The molecule has 1 saturated heterocycles. The van der Waals surface area contributed by atoms with Crippen LogP contribution in [0.2, 0.25) is 0 Å². The van der Waals surface area contributed by atoms with Crippen molar-refractivity contribution in [2.45, 2.75) is 25.7 Å². The van der Waals surface area contributed by atoms with E-state index in [4.69, 9.17) is 4.74 Å². The van der Waals surface area contributed by atoms with Gasteiger partial charge in [-0.2, -0.15) is 0 Å². The number of rotatable bonds is 7. The molecule has 1 amide bonds. The van der Waals surface area contributed by atoms with Gasteiger partial charge in [0.1, 0.15) is 9.84 Å². The Morgan fingerprint density at radius 3 is 2.70 bits per heavy atom. The molecule has 118 valence electrons. The summed E-state index contributed by atoms with van der Waals surface area (Å²) in [4.78, 5) is 13.8. The summed E-state index contributed by atoms with van der Waals surface area (Å²) in [5.74, 6) is -0.266. The van der Waals surface area contributed by atoms with Crippen LogP contribution in [0.25, 0.3) is 0 Å². The van der Waals surface area contributed by atoms with Crippen LogP contribution < -0.4 is 0 Å². The van der Waals surface area contributed by atoms with Gasteiger partial charge in [-0.1, -0.05) is 0 Å². The number of hydrogen-bond donors (Lipinski definition) is 1. The summed E-state index contributed by atoms with van der Waals surface area (Å²) in [6.45, 7) is 1.69. The van der Waals surface area contributed by atoms with Gasteiger partial charge in [0.05, 0.1) is 12.4 Å². The van der Waals surface area contributed by atoms with E-state index in [1.165, 1.54) is 0 Å². The number of nitrogens with zero attached hydrogens (tertiary/aromatic N) is 1. The minimum atomic E-state index is -3.12. The number of carbonyl (C=O) groups is 1. The lowest BCUT2D eigenvalue weighted by Gasteiger charge is -2.42. The number of aliphatic hydroxyl groups is 1. The van der Waals surface area contributed by atoms with Gasteiger partial charge in [-0.25, -0.2) is 8.42 Å². The molecule has 0 aromatic rings. The Labute approximate surface area is 121 Å². The highest BCUT2D eigenvalue weighted by Crippen LogP contribution is 2.33. The molecule has 1 aliphatic rings. The van der Waals surface area contributed by atoms with Gasteiger partial charge in [0, 0.05) is 44.9 Å². The van der Waals surface area contributed by atoms with Gasteiger partial charge in [-0.3, -0.25) is 4.79 Å². The molecule has 0 spiro atoms. The molecule has 1 heterocycles. The van der Waals surface area contributed by atoms with Crippen molar-refractivity contribution in [3.63, 3.8) is 0 Å². The van der Waals surface area contributed by atoms with Crippen molar-refractivity contribution >= 4 is 15.7 Å². The smallest absolute Gasteiger partial charge is 0.223 e. The van der Waals surface area contributed by atoms with Crippen molar-refractivity contribution in [3.05, 3.63) is 0 Å². The molecule has 1 aliphatic heterocycles. The van der Waals surface area contributed by atoms with E-state index in [0.717, 1.165) is 19.1 Å². The molecule has 1 rings (SSSR count). The third kappa shape index (κ3) is 5.38. The highest BCUT2D eigenvalue weighted by molar-refractivity contribution is 7.90. The van der Waals surface area contributed by atoms with Gasteiger partial charge in [-0.05, 0) is 19.3 Å².